The molecule has 3 fully saturated rings. The molecule has 0 N–H and O–H groups in total. The molecule has 0 aromatic heterocycles. The lowest BCUT2D eigenvalue weighted by Gasteiger charge is -2.54. The Morgan fingerprint density at radius 1 is 0.818 bits per heavy atom. The molecular formula is C6H15N4P. The molecule has 0 radical (unpaired) electrons. The summed E-state index contributed by atoms with van der Waals surface area (Å²) in [4.78, 5) is 2.43. The van der Waals surface area contributed by atoms with Gasteiger partial charge in [0, 0.05) is 0 Å². The Morgan fingerprint density at radius 3 is 1.36 bits per heavy atom. The summed E-state index contributed by atoms with van der Waals surface area (Å²) in [5.41, 5.74) is 0. The van der Waals surface area contributed by atoms with E-state index < -0.39 is 0 Å². The molecule has 3 heterocycles. The minimum Gasteiger partial charge on any atom is -0.264 e. The van der Waals surface area contributed by atoms with Gasteiger partial charge < -0.3 is 0 Å². The molecule has 0 amide bonds. The van der Waals surface area contributed by atoms with Crippen LogP contribution in [0.3, 0.4) is 0 Å². The van der Waals surface area contributed by atoms with Crippen molar-refractivity contribution in [1.82, 2.24) is 18.9 Å². The van der Waals surface area contributed by atoms with E-state index >= 15 is 0 Å². The molecule has 4 nitrogen and oxygen atoms in total. The van der Waals surface area contributed by atoms with Crippen LogP contribution in [0.15, 0.2) is 0 Å². The van der Waals surface area contributed by atoms with Gasteiger partial charge >= 0.3 is 0 Å². The predicted octanol–water partition coefficient (Wildman–Crippen LogP) is 0.210. The maximum atomic E-state index is 2.43. The maximum Gasteiger partial charge on any atom is 0.122 e. The monoisotopic (exact) mass is 174 g/mol. The molecule has 64 valence electrons. The zero-order chi connectivity index (χ0) is 8.01. The fourth-order valence-electron chi connectivity index (χ4n) is 1.95. The van der Waals surface area contributed by atoms with E-state index in [1.54, 1.807) is 0 Å². The number of hydrogen-bond acceptors (Lipinski definition) is 4. The van der Waals surface area contributed by atoms with Crippen molar-refractivity contribution in [2.24, 2.45) is 0 Å². The molecule has 3 rings (SSSR count). The second kappa shape index (κ2) is 2.64. The average Bonchev–Trinajstić information content (AvgIpc) is 1.82. The van der Waals surface area contributed by atoms with Crippen molar-refractivity contribution in [3.05, 3.63) is 0 Å². The predicted molar refractivity (Wildman–Crippen MR) is 46.6 cm³/mol. The van der Waals surface area contributed by atoms with Gasteiger partial charge in [0.2, 0.25) is 0 Å². The first kappa shape index (κ1) is 7.90. The lowest BCUT2D eigenvalue weighted by molar-refractivity contribution is 0.0538. The highest BCUT2D eigenvalue weighted by molar-refractivity contribution is 7.50. The number of nitrogens with zero attached hydrogens (tertiary/aromatic N) is 4. The lowest BCUT2D eigenvalue weighted by Crippen LogP contribution is -2.57. The molecule has 11 heavy (non-hydrogen) atoms. The van der Waals surface area contributed by atoms with Gasteiger partial charge in [-0.3, -0.25) is 4.90 Å². The minimum absolute atomic E-state index is 0.129. The van der Waals surface area contributed by atoms with Gasteiger partial charge in [-0.2, -0.15) is 0 Å². The summed E-state index contributed by atoms with van der Waals surface area (Å²) >= 11 is 0. The fraction of sp³-hybridized carbons (Fsp3) is 1.00. The highest BCUT2D eigenvalue weighted by atomic mass is 31.2. The van der Waals surface area contributed by atoms with Crippen molar-refractivity contribution in [3.8, 4) is 0 Å². The highest BCUT2D eigenvalue weighted by Crippen LogP contribution is 2.50. The van der Waals surface area contributed by atoms with Crippen LogP contribution in [0.1, 0.15) is 0 Å². The summed E-state index contributed by atoms with van der Waals surface area (Å²) in [7, 11) is 6.47. The first-order valence-corrected chi connectivity index (χ1v) is 5.04. The molecule has 0 unspecified atom stereocenters. The molecule has 3 saturated heterocycles. The van der Waals surface area contributed by atoms with E-state index in [0.717, 1.165) is 20.0 Å². The third-order valence-corrected chi connectivity index (χ3v) is 4.34. The summed E-state index contributed by atoms with van der Waals surface area (Å²) in [5.74, 6) is 0. The average molecular weight is 174 g/mol. The Kier molecular flexibility index (Phi) is 1.90. The van der Waals surface area contributed by atoms with Gasteiger partial charge in [0.1, 0.15) is 8.37 Å². The second-order valence-corrected chi connectivity index (χ2v) is 5.92. The van der Waals surface area contributed by atoms with Gasteiger partial charge in [0.05, 0.1) is 20.0 Å². The van der Waals surface area contributed by atoms with E-state index in [0.29, 0.717) is 0 Å². The third kappa shape index (κ3) is 1.19. The summed E-state index contributed by atoms with van der Waals surface area (Å²) in [6, 6.07) is 0. The zero-order valence-corrected chi connectivity index (χ0v) is 8.25. The summed E-state index contributed by atoms with van der Waals surface area (Å²) in [5, 5.41) is 0. The smallest absolute Gasteiger partial charge is 0.122 e. The van der Waals surface area contributed by atoms with Crippen LogP contribution in [-0.4, -0.2) is 60.1 Å². The summed E-state index contributed by atoms with van der Waals surface area (Å²) < 4.78 is 7.26. The fourth-order valence-corrected chi connectivity index (χ4v) is 4.39. The number of hydrogen-bond donors (Lipinski definition) is 0. The van der Waals surface area contributed by atoms with Crippen molar-refractivity contribution in [2.75, 3.05) is 41.1 Å². The molecule has 3 aliphatic rings. The van der Waals surface area contributed by atoms with Gasteiger partial charge in [0.25, 0.3) is 0 Å². The van der Waals surface area contributed by atoms with Crippen molar-refractivity contribution >= 4 is 8.37 Å². The second-order valence-electron chi connectivity index (χ2n) is 3.34. The molecule has 0 saturated carbocycles. The quantitative estimate of drug-likeness (QED) is 0.487. The standard InChI is InChI=1S/C6H15N4P/c1-7-4-10-5-8(2)11(7)9(3)6-10/h4-6H2,1-3H3. The van der Waals surface area contributed by atoms with Crippen LogP contribution >= 0.6 is 8.37 Å². The topological polar surface area (TPSA) is 13.0 Å². The first-order valence-electron chi connectivity index (χ1n) is 3.84. The number of rotatable bonds is 0. The Hall–Kier alpha value is 0.270. The van der Waals surface area contributed by atoms with Gasteiger partial charge in [-0.05, 0) is 21.1 Å². The van der Waals surface area contributed by atoms with Crippen molar-refractivity contribution in [3.63, 3.8) is 0 Å². The van der Waals surface area contributed by atoms with Crippen LogP contribution in [-0.2, 0) is 0 Å². The van der Waals surface area contributed by atoms with Gasteiger partial charge in [0.15, 0.2) is 0 Å². The molecule has 0 aromatic carbocycles. The molecule has 0 aliphatic carbocycles. The van der Waals surface area contributed by atoms with Gasteiger partial charge in [-0.25, -0.2) is 14.0 Å². The van der Waals surface area contributed by atoms with Crippen LogP contribution in [0.2, 0.25) is 0 Å². The zero-order valence-electron chi connectivity index (χ0n) is 7.36. The van der Waals surface area contributed by atoms with Crippen LogP contribution in [0, 0.1) is 0 Å². The Morgan fingerprint density at radius 2 is 1.18 bits per heavy atom. The van der Waals surface area contributed by atoms with Crippen molar-refractivity contribution < 1.29 is 0 Å². The van der Waals surface area contributed by atoms with Crippen molar-refractivity contribution in [2.45, 2.75) is 0 Å². The van der Waals surface area contributed by atoms with E-state index in [1.807, 2.05) is 0 Å². The normalized spacial score (nSPS) is 41.7. The third-order valence-electron chi connectivity index (χ3n) is 2.13. The first-order chi connectivity index (χ1) is 5.18. The van der Waals surface area contributed by atoms with Gasteiger partial charge in [-0.15, -0.1) is 0 Å². The number of fused-ring (bicyclic) bond motifs is 3. The van der Waals surface area contributed by atoms with Crippen LogP contribution in [0.5, 0.6) is 0 Å². The lowest BCUT2D eigenvalue weighted by atomic mass is 10.7. The summed E-state index contributed by atoms with van der Waals surface area (Å²) in [6.45, 7) is 3.42. The van der Waals surface area contributed by atoms with E-state index in [4.69, 9.17) is 0 Å². The Labute approximate surface area is 69.3 Å². The maximum absolute atomic E-state index is 2.43. The minimum atomic E-state index is -0.129. The Balaban J connectivity index is 2.16. The molecule has 0 aromatic rings. The Bertz CT molecular complexity index is 136. The van der Waals surface area contributed by atoms with E-state index in [9.17, 15) is 0 Å². The van der Waals surface area contributed by atoms with E-state index in [1.165, 1.54) is 0 Å². The van der Waals surface area contributed by atoms with E-state index in [2.05, 4.69) is 40.1 Å². The van der Waals surface area contributed by atoms with Gasteiger partial charge in [-0.1, -0.05) is 0 Å². The molecule has 0 atom stereocenters. The van der Waals surface area contributed by atoms with Crippen molar-refractivity contribution in [1.29, 1.82) is 0 Å². The molecule has 2 bridgehead atoms. The highest BCUT2D eigenvalue weighted by Gasteiger charge is 2.37. The van der Waals surface area contributed by atoms with E-state index in [-0.39, 0.29) is 8.37 Å². The SMILES string of the molecule is CN1CN2CN(C)P1N(C)C2. The summed E-state index contributed by atoms with van der Waals surface area (Å²) in [6.07, 6.45) is 0. The van der Waals surface area contributed by atoms with Crippen LogP contribution in [0.25, 0.3) is 0 Å². The molecular weight excluding hydrogens is 159 g/mol. The molecule has 3 aliphatic heterocycles. The van der Waals surface area contributed by atoms with Crippen LogP contribution in [0.4, 0.5) is 0 Å². The van der Waals surface area contributed by atoms with Crippen LogP contribution < -0.4 is 0 Å². The largest absolute Gasteiger partial charge is 0.264 e. The molecule has 0 spiro atoms. The molecule has 5 heteroatoms.